The molecule has 3 rings (SSSR count). The van der Waals surface area contributed by atoms with Crippen LogP contribution in [0.1, 0.15) is 11.3 Å². The van der Waals surface area contributed by atoms with Gasteiger partial charge in [0.05, 0.1) is 29.3 Å². The van der Waals surface area contributed by atoms with Crippen molar-refractivity contribution in [2.75, 3.05) is 0 Å². The van der Waals surface area contributed by atoms with Gasteiger partial charge in [-0.3, -0.25) is 4.68 Å². The molecule has 6 heteroatoms. The van der Waals surface area contributed by atoms with Crippen LogP contribution in [0.4, 0.5) is 0 Å². The van der Waals surface area contributed by atoms with Crippen LogP contribution in [0.5, 0.6) is 0 Å². The number of hydrogen-bond acceptors (Lipinski definition) is 3. The second kappa shape index (κ2) is 5.95. The number of alkyl halides is 1. The second-order valence-electron chi connectivity index (χ2n) is 4.29. The first-order valence-corrected chi connectivity index (χ1v) is 7.82. The molecule has 0 saturated carbocycles. The predicted molar refractivity (Wildman–Crippen MR) is 83.4 cm³/mol. The number of thiazole rings is 1. The van der Waals surface area contributed by atoms with Gasteiger partial charge in [0.15, 0.2) is 0 Å². The van der Waals surface area contributed by atoms with Crippen LogP contribution in [0.3, 0.4) is 0 Å². The van der Waals surface area contributed by atoms with Crippen LogP contribution in [0, 0.1) is 0 Å². The zero-order valence-electron chi connectivity index (χ0n) is 10.5. The van der Waals surface area contributed by atoms with E-state index in [0.717, 1.165) is 21.8 Å². The highest BCUT2D eigenvalue weighted by molar-refractivity contribution is 7.13. The summed E-state index contributed by atoms with van der Waals surface area (Å²) in [5.41, 5.74) is 3.17. The zero-order valence-corrected chi connectivity index (χ0v) is 12.8. The minimum atomic E-state index is 0.438. The van der Waals surface area contributed by atoms with E-state index in [1.165, 1.54) is 0 Å². The largest absolute Gasteiger partial charge is 0.267 e. The van der Waals surface area contributed by atoms with E-state index in [9.17, 15) is 0 Å². The van der Waals surface area contributed by atoms with Crippen LogP contribution in [-0.2, 0) is 12.4 Å². The number of benzene rings is 1. The first-order valence-electron chi connectivity index (χ1n) is 6.03. The van der Waals surface area contributed by atoms with Crippen LogP contribution < -0.4 is 0 Å². The Morgan fingerprint density at radius 3 is 2.80 bits per heavy atom. The van der Waals surface area contributed by atoms with Crippen LogP contribution in [0.2, 0.25) is 5.02 Å². The van der Waals surface area contributed by atoms with Crippen LogP contribution in [0.15, 0.2) is 42.0 Å². The fourth-order valence-corrected chi connectivity index (χ4v) is 3.22. The van der Waals surface area contributed by atoms with Gasteiger partial charge in [0.1, 0.15) is 5.01 Å². The number of halogens is 2. The van der Waals surface area contributed by atoms with Gasteiger partial charge in [0.2, 0.25) is 0 Å². The Morgan fingerprint density at radius 2 is 2.10 bits per heavy atom. The maximum absolute atomic E-state index is 5.90. The number of hydrogen-bond donors (Lipinski definition) is 0. The molecule has 20 heavy (non-hydrogen) atoms. The Kier molecular flexibility index (Phi) is 4.05. The lowest BCUT2D eigenvalue weighted by Crippen LogP contribution is -2.01. The standard InChI is InChI=1S/C14H11Cl2N3S/c15-5-12-9-20-14(18-12)13-4-2-1-3-10(13)7-19-8-11(16)6-17-19/h1-4,6,8-9H,5,7H2. The second-order valence-corrected chi connectivity index (χ2v) is 5.85. The quantitative estimate of drug-likeness (QED) is 0.664. The van der Waals surface area contributed by atoms with Gasteiger partial charge in [-0.1, -0.05) is 35.9 Å². The summed E-state index contributed by atoms with van der Waals surface area (Å²) in [7, 11) is 0. The summed E-state index contributed by atoms with van der Waals surface area (Å²) in [6.07, 6.45) is 3.45. The van der Waals surface area contributed by atoms with Crippen molar-refractivity contribution in [3.05, 3.63) is 58.3 Å². The molecule has 0 aliphatic heterocycles. The third-order valence-electron chi connectivity index (χ3n) is 2.87. The summed E-state index contributed by atoms with van der Waals surface area (Å²) < 4.78 is 1.82. The molecule has 0 atom stereocenters. The average molecular weight is 324 g/mol. The van der Waals surface area contributed by atoms with Crippen LogP contribution in [-0.4, -0.2) is 14.8 Å². The monoisotopic (exact) mass is 323 g/mol. The van der Waals surface area contributed by atoms with E-state index in [0.29, 0.717) is 17.4 Å². The van der Waals surface area contributed by atoms with Gasteiger partial charge in [-0.2, -0.15) is 5.10 Å². The van der Waals surface area contributed by atoms with Crippen molar-refractivity contribution in [3.63, 3.8) is 0 Å². The minimum Gasteiger partial charge on any atom is -0.267 e. The highest BCUT2D eigenvalue weighted by Gasteiger charge is 2.10. The van der Waals surface area contributed by atoms with Crippen molar-refractivity contribution in [3.8, 4) is 10.6 Å². The molecule has 3 aromatic rings. The molecule has 2 heterocycles. The summed E-state index contributed by atoms with van der Waals surface area (Å²) >= 11 is 13.3. The highest BCUT2D eigenvalue weighted by atomic mass is 35.5. The van der Waals surface area contributed by atoms with Crippen molar-refractivity contribution in [2.45, 2.75) is 12.4 Å². The Bertz CT molecular complexity index is 721. The molecule has 0 fully saturated rings. The minimum absolute atomic E-state index is 0.438. The third-order valence-corrected chi connectivity index (χ3v) is 4.26. The summed E-state index contributed by atoms with van der Waals surface area (Å²) in [5, 5.41) is 7.82. The van der Waals surface area contributed by atoms with Gasteiger partial charge in [-0.15, -0.1) is 22.9 Å². The SMILES string of the molecule is ClCc1csc(-c2ccccc2Cn2cc(Cl)cn2)n1. The summed E-state index contributed by atoms with van der Waals surface area (Å²) in [6.45, 7) is 0.665. The van der Waals surface area contributed by atoms with Gasteiger partial charge < -0.3 is 0 Å². The first-order chi connectivity index (χ1) is 9.76. The number of rotatable bonds is 4. The Morgan fingerprint density at radius 1 is 1.25 bits per heavy atom. The van der Waals surface area contributed by atoms with E-state index in [1.807, 2.05) is 28.4 Å². The molecule has 0 spiro atoms. The summed E-state index contributed by atoms with van der Waals surface area (Å²) in [4.78, 5) is 4.54. The summed E-state index contributed by atoms with van der Waals surface area (Å²) in [6, 6.07) is 8.17. The van der Waals surface area contributed by atoms with E-state index in [2.05, 4.69) is 22.2 Å². The van der Waals surface area contributed by atoms with Crippen molar-refractivity contribution in [1.29, 1.82) is 0 Å². The van der Waals surface area contributed by atoms with Gasteiger partial charge in [0, 0.05) is 17.1 Å². The van der Waals surface area contributed by atoms with E-state index < -0.39 is 0 Å². The zero-order chi connectivity index (χ0) is 13.9. The fraction of sp³-hybridized carbons (Fsp3) is 0.143. The van der Waals surface area contributed by atoms with Gasteiger partial charge in [0.25, 0.3) is 0 Å². The molecular weight excluding hydrogens is 313 g/mol. The Labute approximate surface area is 130 Å². The molecule has 0 radical (unpaired) electrons. The molecule has 1 aromatic carbocycles. The van der Waals surface area contributed by atoms with Gasteiger partial charge in [-0.25, -0.2) is 4.98 Å². The van der Waals surface area contributed by atoms with E-state index in [-0.39, 0.29) is 0 Å². The lowest BCUT2D eigenvalue weighted by molar-refractivity contribution is 0.688. The smallest absolute Gasteiger partial charge is 0.124 e. The maximum Gasteiger partial charge on any atom is 0.124 e. The normalized spacial score (nSPS) is 10.9. The topological polar surface area (TPSA) is 30.7 Å². The molecule has 0 N–H and O–H groups in total. The molecule has 0 aliphatic rings. The fourth-order valence-electron chi connectivity index (χ4n) is 1.96. The molecule has 0 amide bonds. The average Bonchev–Trinajstić information content (AvgIpc) is 3.08. The molecule has 0 saturated heterocycles. The van der Waals surface area contributed by atoms with Gasteiger partial charge >= 0.3 is 0 Å². The van der Waals surface area contributed by atoms with Crippen molar-refractivity contribution < 1.29 is 0 Å². The van der Waals surface area contributed by atoms with Crippen molar-refractivity contribution in [1.82, 2.24) is 14.8 Å². The van der Waals surface area contributed by atoms with Crippen molar-refractivity contribution >= 4 is 34.5 Å². The highest BCUT2D eigenvalue weighted by Crippen LogP contribution is 2.28. The lowest BCUT2D eigenvalue weighted by atomic mass is 10.1. The molecule has 102 valence electrons. The van der Waals surface area contributed by atoms with Crippen LogP contribution >= 0.6 is 34.5 Å². The van der Waals surface area contributed by atoms with E-state index in [1.54, 1.807) is 17.5 Å². The Hall–Kier alpha value is -1.36. The lowest BCUT2D eigenvalue weighted by Gasteiger charge is -2.07. The molecule has 0 bridgehead atoms. The molecule has 2 aromatic heterocycles. The van der Waals surface area contributed by atoms with E-state index in [4.69, 9.17) is 23.2 Å². The van der Waals surface area contributed by atoms with Gasteiger partial charge in [-0.05, 0) is 5.56 Å². The van der Waals surface area contributed by atoms with E-state index >= 15 is 0 Å². The third kappa shape index (κ3) is 2.87. The first kappa shape index (κ1) is 13.6. The summed E-state index contributed by atoms with van der Waals surface area (Å²) in [5.74, 6) is 0.438. The molecule has 0 aliphatic carbocycles. The van der Waals surface area contributed by atoms with Crippen molar-refractivity contribution in [2.24, 2.45) is 0 Å². The predicted octanol–water partition coefficient (Wildman–Crippen LogP) is 4.45. The molecule has 0 unspecified atom stereocenters. The van der Waals surface area contributed by atoms with Crippen LogP contribution in [0.25, 0.3) is 10.6 Å². The number of aromatic nitrogens is 3. The maximum atomic E-state index is 5.90. The molecule has 3 nitrogen and oxygen atoms in total. The molecular formula is C14H11Cl2N3S. The number of nitrogens with zero attached hydrogens (tertiary/aromatic N) is 3. The Balaban J connectivity index is 1.95.